The summed E-state index contributed by atoms with van der Waals surface area (Å²) in [6, 6.07) is 8.09. The van der Waals surface area contributed by atoms with Gasteiger partial charge in [-0.2, -0.15) is 13.2 Å². The molecule has 0 bridgehead atoms. The van der Waals surface area contributed by atoms with E-state index in [4.69, 9.17) is 14.2 Å². The summed E-state index contributed by atoms with van der Waals surface area (Å²) in [5.74, 6) is 0.156. The molecule has 4 rings (SSSR count). The molecule has 2 unspecified atom stereocenters. The van der Waals surface area contributed by atoms with Crippen LogP contribution in [0.5, 0.6) is 5.75 Å². The van der Waals surface area contributed by atoms with Crippen molar-refractivity contribution >= 4 is 0 Å². The van der Waals surface area contributed by atoms with Crippen LogP contribution in [0.1, 0.15) is 41.5 Å². The molecule has 3 aromatic rings. The third-order valence-electron chi connectivity index (χ3n) is 5.73. The molecular formula is C24H24F4N2O3. The van der Waals surface area contributed by atoms with E-state index in [9.17, 15) is 17.6 Å². The molecule has 0 aliphatic carbocycles. The van der Waals surface area contributed by atoms with Gasteiger partial charge in [0.2, 0.25) is 0 Å². The van der Waals surface area contributed by atoms with Gasteiger partial charge in [0.1, 0.15) is 24.0 Å². The molecule has 9 heteroatoms. The number of nitrogens with zero attached hydrogens (tertiary/aromatic N) is 2. The van der Waals surface area contributed by atoms with E-state index in [1.807, 2.05) is 0 Å². The minimum absolute atomic E-state index is 0.00313. The Morgan fingerprint density at radius 2 is 2.00 bits per heavy atom. The Kier molecular flexibility index (Phi) is 6.71. The number of methoxy groups -OCH3 is 1. The second-order valence-corrected chi connectivity index (χ2v) is 7.93. The van der Waals surface area contributed by atoms with Crippen molar-refractivity contribution in [1.29, 1.82) is 0 Å². The summed E-state index contributed by atoms with van der Waals surface area (Å²) in [5, 5.41) is 0. The third-order valence-corrected chi connectivity index (χ3v) is 5.73. The van der Waals surface area contributed by atoms with E-state index in [0.29, 0.717) is 30.1 Å². The first-order chi connectivity index (χ1) is 15.7. The van der Waals surface area contributed by atoms with Crippen LogP contribution in [-0.2, 0) is 22.3 Å². The van der Waals surface area contributed by atoms with E-state index in [2.05, 4.69) is 4.98 Å². The van der Waals surface area contributed by atoms with E-state index in [1.54, 1.807) is 36.9 Å². The number of aryl methyl sites for hydroxylation is 1. The van der Waals surface area contributed by atoms with E-state index in [0.717, 1.165) is 18.6 Å². The topological polar surface area (TPSA) is 45.5 Å². The maximum absolute atomic E-state index is 14.2. The van der Waals surface area contributed by atoms with Crippen LogP contribution in [0, 0.1) is 12.7 Å². The van der Waals surface area contributed by atoms with Crippen molar-refractivity contribution in [2.75, 3.05) is 13.7 Å². The first kappa shape index (κ1) is 23.3. The fourth-order valence-corrected chi connectivity index (χ4v) is 3.98. The van der Waals surface area contributed by atoms with Crippen LogP contribution in [0.4, 0.5) is 17.6 Å². The maximum Gasteiger partial charge on any atom is 0.416 e. The van der Waals surface area contributed by atoms with Gasteiger partial charge < -0.3 is 18.8 Å². The van der Waals surface area contributed by atoms with Crippen LogP contribution < -0.4 is 4.74 Å². The van der Waals surface area contributed by atoms with E-state index in [-0.39, 0.29) is 30.1 Å². The molecule has 0 amide bonds. The summed E-state index contributed by atoms with van der Waals surface area (Å²) in [6.07, 6.45) is -0.522. The lowest BCUT2D eigenvalue weighted by Gasteiger charge is -2.29. The van der Waals surface area contributed by atoms with Crippen molar-refractivity contribution in [3.8, 4) is 11.4 Å². The number of imidazole rings is 1. The van der Waals surface area contributed by atoms with Gasteiger partial charge >= 0.3 is 6.18 Å². The molecule has 1 fully saturated rings. The van der Waals surface area contributed by atoms with Gasteiger partial charge in [-0.3, -0.25) is 0 Å². The zero-order chi connectivity index (χ0) is 23.6. The number of aromatic nitrogens is 2. The van der Waals surface area contributed by atoms with Crippen molar-refractivity contribution in [3.05, 3.63) is 77.1 Å². The summed E-state index contributed by atoms with van der Waals surface area (Å²) < 4.78 is 73.8. The number of hydrogen-bond acceptors (Lipinski definition) is 4. The average Bonchev–Trinajstić information content (AvgIpc) is 3.22. The highest BCUT2D eigenvalue weighted by Crippen LogP contribution is 2.35. The van der Waals surface area contributed by atoms with Gasteiger partial charge in [0.15, 0.2) is 0 Å². The molecule has 0 spiro atoms. The second-order valence-electron chi connectivity index (χ2n) is 7.93. The highest BCUT2D eigenvalue weighted by Gasteiger charge is 2.34. The van der Waals surface area contributed by atoms with Crippen molar-refractivity contribution in [1.82, 2.24) is 9.55 Å². The highest BCUT2D eigenvalue weighted by atomic mass is 19.4. The summed E-state index contributed by atoms with van der Waals surface area (Å²) in [4.78, 5) is 4.05. The molecule has 5 nitrogen and oxygen atoms in total. The molecule has 2 atom stereocenters. The van der Waals surface area contributed by atoms with Gasteiger partial charge in [0.25, 0.3) is 0 Å². The molecule has 1 aromatic heterocycles. The van der Waals surface area contributed by atoms with Gasteiger partial charge in [-0.25, -0.2) is 9.37 Å². The molecule has 1 saturated heterocycles. The average molecular weight is 464 g/mol. The first-order valence-corrected chi connectivity index (χ1v) is 10.5. The molecule has 1 aliphatic heterocycles. The Bertz CT molecular complexity index is 1110. The third kappa shape index (κ3) is 5.36. The van der Waals surface area contributed by atoms with Crippen molar-refractivity contribution in [2.24, 2.45) is 0 Å². The normalized spacial score (nSPS) is 19.0. The predicted octanol–water partition coefficient (Wildman–Crippen LogP) is 5.78. The first-order valence-electron chi connectivity index (χ1n) is 10.5. The van der Waals surface area contributed by atoms with Gasteiger partial charge in [0.05, 0.1) is 17.8 Å². The smallest absolute Gasteiger partial charge is 0.416 e. The van der Waals surface area contributed by atoms with Gasteiger partial charge in [0, 0.05) is 49.8 Å². The number of ether oxygens (including phenoxy) is 3. The Morgan fingerprint density at radius 1 is 1.18 bits per heavy atom. The molecular weight excluding hydrogens is 440 g/mol. The van der Waals surface area contributed by atoms with Crippen molar-refractivity contribution < 1.29 is 31.8 Å². The molecule has 0 radical (unpaired) electrons. The number of halogens is 4. The number of rotatable bonds is 6. The van der Waals surface area contributed by atoms with Crippen LogP contribution in [0.3, 0.4) is 0 Å². The van der Waals surface area contributed by atoms with Crippen LogP contribution in [0.25, 0.3) is 5.69 Å². The Morgan fingerprint density at radius 3 is 2.70 bits per heavy atom. The van der Waals surface area contributed by atoms with Crippen LogP contribution in [0.2, 0.25) is 0 Å². The van der Waals surface area contributed by atoms with Gasteiger partial charge in [-0.15, -0.1) is 0 Å². The quantitative estimate of drug-likeness (QED) is 0.434. The van der Waals surface area contributed by atoms with E-state index in [1.165, 1.54) is 18.3 Å². The molecule has 33 heavy (non-hydrogen) atoms. The number of hydrogen-bond donors (Lipinski definition) is 0. The fourth-order valence-electron chi connectivity index (χ4n) is 3.98. The zero-order valence-electron chi connectivity index (χ0n) is 18.2. The molecule has 1 aliphatic rings. The lowest BCUT2D eigenvalue weighted by Crippen LogP contribution is -2.25. The largest absolute Gasteiger partial charge is 0.489 e. The predicted molar refractivity (Wildman–Crippen MR) is 113 cm³/mol. The minimum Gasteiger partial charge on any atom is -0.489 e. The van der Waals surface area contributed by atoms with E-state index < -0.39 is 17.6 Å². The highest BCUT2D eigenvalue weighted by molar-refractivity contribution is 5.43. The molecule has 0 N–H and O–H groups in total. The van der Waals surface area contributed by atoms with Gasteiger partial charge in [-0.1, -0.05) is 6.07 Å². The zero-order valence-corrected chi connectivity index (χ0v) is 18.2. The van der Waals surface area contributed by atoms with Gasteiger partial charge in [-0.05, 0) is 43.2 Å². The van der Waals surface area contributed by atoms with Crippen molar-refractivity contribution in [2.45, 2.75) is 44.8 Å². The van der Waals surface area contributed by atoms with Crippen molar-refractivity contribution in [3.63, 3.8) is 0 Å². The SMILES string of the molecule is COC1CCOC(c2cc(F)cc(OCc3ccc(-n4ccnc4C)cc3C(F)(F)F)c2)C1. The van der Waals surface area contributed by atoms with Crippen LogP contribution in [-0.4, -0.2) is 29.4 Å². The van der Waals surface area contributed by atoms with Crippen LogP contribution in [0.15, 0.2) is 48.8 Å². The monoisotopic (exact) mass is 464 g/mol. The standard InChI is InChI=1S/C24H24F4N2O3/c1-15-29-6-7-30(15)19-4-3-16(22(12-19)24(26,27)28)14-33-21-10-17(9-18(25)11-21)23-13-20(31-2)5-8-32-23/h3-4,6-7,9-12,20,23H,5,8,13-14H2,1-2H3. The summed E-state index contributed by atoms with van der Waals surface area (Å²) in [7, 11) is 1.62. The molecule has 176 valence electrons. The van der Waals surface area contributed by atoms with Crippen LogP contribution >= 0.6 is 0 Å². The summed E-state index contributed by atoms with van der Waals surface area (Å²) >= 11 is 0. The molecule has 2 heterocycles. The molecule has 0 saturated carbocycles. The lowest BCUT2D eigenvalue weighted by molar-refractivity contribution is -0.138. The Hall–Kier alpha value is -2.91. The fraction of sp³-hybridized carbons (Fsp3) is 0.375. The maximum atomic E-state index is 14.2. The lowest BCUT2D eigenvalue weighted by atomic mass is 9.99. The number of benzene rings is 2. The summed E-state index contributed by atoms with van der Waals surface area (Å²) in [6.45, 7) is 1.82. The second kappa shape index (κ2) is 9.52. The molecule has 2 aromatic carbocycles. The van der Waals surface area contributed by atoms with E-state index >= 15 is 0 Å². The minimum atomic E-state index is -4.58. The Balaban J connectivity index is 1.56. The summed E-state index contributed by atoms with van der Waals surface area (Å²) in [5.41, 5.74) is 0.0384. The number of alkyl halides is 3. The Labute approximate surface area is 188 Å².